The first-order chi connectivity index (χ1) is 11.7. The quantitative estimate of drug-likeness (QED) is 0.696. The van der Waals surface area contributed by atoms with Gasteiger partial charge in [-0.15, -0.1) is 0 Å². The van der Waals surface area contributed by atoms with Gasteiger partial charge < -0.3 is 4.74 Å². The van der Waals surface area contributed by atoms with Crippen molar-refractivity contribution in [2.75, 3.05) is 6.61 Å². The van der Waals surface area contributed by atoms with Crippen molar-refractivity contribution in [2.24, 2.45) is 9.98 Å². The summed E-state index contributed by atoms with van der Waals surface area (Å²) in [6.45, 7) is 6.26. The highest BCUT2D eigenvalue weighted by Gasteiger charge is 2.27. The van der Waals surface area contributed by atoms with Gasteiger partial charge in [0.2, 0.25) is 0 Å². The minimum Gasteiger partial charge on any atom is -0.461 e. The van der Waals surface area contributed by atoms with E-state index in [2.05, 4.69) is 24.0 Å². The second kappa shape index (κ2) is 5.41. The Hall–Kier alpha value is -2.75. The van der Waals surface area contributed by atoms with Crippen LogP contribution in [0, 0.1) is 6.92 Å². The number of carbonyl (C=O) groups excluding carboxylic acids is 1. The van der Waals surface area contributed by atoms with Crippen LogP contribution in [0.3, 0.4) is 0 Å². The maximum atomic E-state index is 12.2. The van der Waals surface area contributed by atoms with E-state index < -0.39 is 0 Å². The van der Waals surface area contributed by atoms with Gasteiger partial charge in [0.1, 0.15) is 0 Å². The molecule has 4 rings (SSSR count). The lowest BCUT2D eigenvalue weighted by molar-refractivity contribution is -0.138. The molecule has 0 N–H and O–H groups in total. The number of carbonyl (C=O) groups is 1. The van der Waals surface area contributed by atoms with Crippen molar-refractivity contribution in [2.45, 2.75) is 27.2 Å². The number of hydrogen-bond donors (Lipinski definition) is 0. The number of nitrogens with zero attached hydrogens (tertiary/aromatic N) is 2. The van der Waals surface area contributed by atoms with Gasteiger partial charge in [-0.3, -0.25) is 0 Å². The van der Waals surface area contributed by atoms with E-state index in [0.717, 1.165) is 50.6 Å². The minimum absolute atomic E-state index is 0.345. The zero-order valence-electron chi connectivity index (χ0n) is 14.0. The number of ether oxygens (including phenoxy) is 1. The molecule has 0 radical (unpaired) electrons. The first-order valence-electron chi connectivity index (χ1n) is 8.26. The number of benzene rings is 2. The Bertz CT molecular complexity index is 1030. The third-order valence-electron chi connectivity index (χ3n) is 4.59. The monoisotopic (exact) mass is 318 g/mol. The molecule has 0 saturated heterocycles. The highest BCUT2D eigenvalue weighted by Crippen LogP contribution is 2.35. The van der Waals surface area contributed by atoms with Gasteiger partial charge in [0, 0.05) is 16.7 Å². The van der Waals surface area contributed by atoms with E-state index in [1.54, 1.807) is 0 Å². The average molecular weight is 318 g/mol. The maximum Gasteiger partial charge on any atom is 0.357 e. The van der Waals surface area contributed by atoms with Crippen LogP contribution in [-0.2, 0) is 9.53 Å². The van der Waals surface area contributed by atoms with E-state index in [-0.39, 0.29) is 5.97 Å². The van der Waals surface area contributed by atoms with E-state index in [4.69, 9.17) is 9.73 Å². The van der Waals surface area contributed by atoms with Crippen LogP contribution < -0.4 is 10.7 Å². The van der Waals surface area contributed by atoms with Gasteiger partial charge in [-0.25, -0.2) is 14.8 Å². The first-order valence-corrected chi connectivity index (χ1v) is 8.26. The third-order valence-corrected chi connectivity index (χ3v) is 4.59. The molecule has 0 aliphatic carbocycles. The van der Waals surface area contributed by atoms with E-state index in [9.17, 15) is 4.79 Å². The van der Waals surface area contributed by atoms with Crippen LogP contribution in [0.4, 0.5) is 5.69 Å². The molecule has 120 valence electrons. The zero-order chi connectivity index (χ0) is 16.8. The fraction of sp³-hybridized carbons (Fsp3) is 0.250. The number of hydrogen-bond acceptors (Lipinski definition) is 4. The molecule has 24 heavy (non-hydrogen) atoms. The van der Waals surface area contributed by atoms with Gasteiger partial charge in [0.05, 0.1) is 23.0 Å². The molecule has 0 atom stereocenters. The second-order valence-corrected chi connectivity index (χ2v) is 5.93. The van der Waals surface area contributed by atoms with Crippen molar-refractivity contribution < 1.29 is 9.53 Å². The number of allylic oxidation sites excluding steroid dienone is 1. The molecule has 2 aromatic carbocycles. The molecule has 0 amide bonds. The van der Waals surface area contributed by atoms with Crippen LogP contribution in [0.25, 0.3) is 16.7 Å². The summed E-state index contributed by atoms with van der Waals surface area (Å²) in [6.07, 6.45) is 0.733. The van der Waals surface area contributed by atoms with Crippen molar-refractivity contribution in [1.29, 1.82) is 0 Å². The summed E-state index contributed by atoms with van der Waals surface area (Å²) in [7, 11) is 0. The lowest BCUT2D eigenvalue weighted by Gasteiger charge is -2.08. The lowest BCUT2D eigenvalue weighted by atomic mass is 9.94. The predicted molar refractivity (Wildman–Crippen MR) is 92.4 cm³/mol. The molecular formula is C20H18N2O2. The van der Waals surface area contributed by atoms with Crippen molar-refractivity contribution in [3.63, 3.8) is 0 Å². The highest BCUT2D eigenvalue weighted by atomic mass is 16.5. The van der Waals surface area contributed by atoms with Gasteiger partial charge >= 0.3 is 5.97 Å². The summed E-state index contributed by atoms with van der Waals surface area (Å²) in [4.78, 5) is 21.6. The van der Waals surface area contributed by atoms with Gasteiger partial charge in [-0.05, 0) is 43.5 Å². The van der Waals surface area contributed by atoms with E-state index in [1.165, 1.54) is 0 Å². The van der Waals surface area contributed by atoms with Gasteiger partial charge in [-0.2, -0.15) is 0 Å². The molecule has 2 heterocycles. The Labute approximate surface area is 140 Å². The number of para-hydroxylation sites is 1. The molecule has 4 heteroatoms. The van der Waals surface area contributed by atoms with Crippen LogP contribution >= 0.6 is 0 Å². The second-order valence-electron chi connectivity index (χ2n) is 5.93. The SMILES string of the molecule is CCOC(=O)C1=C(CC)c2c(C)c3c(cc2=N1)-c1ccccc1N=3. The molecule has 0 bridgehead atoms. The molecule has 2 aliphatic heterocycles. The summed E-state index contributed by atoms with van der Waals surface area (Å²) in [5.74, 6) is -0.345. The zero-order valence-corrected chi connectivity index (χ0v) is 14.0. The fourth-order valence-electron chi connectivity index (χ4n) is 3.55. The van der Waals surface area contributed by atoms with E-state index >= 15 is 0 Å². The minimum atomic E-state index is -0.345. The fourth-order valence-corrected chi connectivity index (χ4v) is 3.55. The molecule has 0 saturated carbocycles. The molecule has 0 spiro atoms. The molecule has 0 fully saturated rings. The third kappa shape index (κ3) is 1.96. The van der Waals surface area contributed by atoms with Gasteiger partial charge in [-0.1, -0.05) is 25.1 Å². The van der Waals surface area contributed by atoms with Crippen LogP contribution in [0.5, 0.6) is 0 Å². The Balaban J connectivity index is 1.98. The van der Waals surface area contributed by atoms with Crippen LogP contribution in [0.2, 0.25) is 0 Å². The van der Waals surface area contributed by atoms with E-state index in [1.807, 2.05) is 32.0 Å². The summed E-state index contributed by atoms with van der Waals surface area (Å²) in [5.41, 5.74) is 6.72. The van der Waals surface area contributed by atoms with Crippen LogP contribution in [0.15, 0.2) is 46.0 Å². The first kappa shape index (κ1) is 14.8. The molecule has 0 aromatic heterocycles. The summed E-state index contributed by atoms with van der Waals surface area (Å²) in [6, 6.07) is 10.2. The largest absolute Gasteiger partial charge is 0.461 e. The molecule has 2 aromatic rings. The highest BCUT2D eigenvalue weighted by molar-refractivity contribution is 5.99. The molecule has 0 unspecified atom stereocenters. The summed E-state index contributed by atoms with van der Waals surface area (Å²) >= 11 is 0. The van der Waals surface area contributed by atoms with Crippen molar-refractivity contribution in [3.05, 3.63) is 57.9 Å². The lowest BCUT2D eigenvalue weighted by Crippen LogP contribution is -2.18. The summed E-state index contributed by atoms with van der Waals surface area (Å²) < 4.78 is 5.17. The van der Waals surface area contributed by atoms with Crippen LogP contribution in [-0.4, -0.2) is 12.6 Å². The Morgan fingerprint density at radius 1 is 1.12 bits per heavy atom. The molecule has 4 nitrogen and oxygen atoms in total. The Morgan fingerprint density at radius 2 is 1.92 bits per heavy atom. The normalized spacial score (nSPS) is 13.8. The van der Waals surface area contributed by atoms with Crippen LogP contribution in [0.1, 0.15) is 31.4 Å². The van der Waals surface area contributed by atoms with Gasteiger partial charge in [0.15, 0.2) is 5.70 Å². The van der Waals surface area contributed by atoms with E-state index in [0.29, 0.717) is 12.3 Å². The number of fused-ring (bicyclic) bond motifs is 4. The van der Waals surface area contributed by atoms with Crippen molar-refractivity contribution in [3.8, 4) is 11.1 Å². The predicted octanol–water partition coefficient (Wildman–Crippen LogP) is 3.24. The van der Waals surface area contributed by atoms with Crippen molar-refractivity contribution in [1.82, 2.24) is 0 Å². The Morgan fingerprint density at radius 3 is 2.67 bits per heavy atom. The van der Waals surface area contributed by atoms with Gasteiger partial charge in [0.25, 0.3) is 0 Å². The number of rotatable bonds is 3. The maximum absolute atomic E-state index is 12.2. The summed E-state index contributed by atoms with van der Waals surface area (Å²) in [5, 5.41) is 1.83. The smallest absolute Gasteiger partial charge is 0.357 e. The molecule has 2 aliphatic rings. The Kier molecular flexibility index (Phi) is 3.34. The van der Waals surface area contributed by atoms with Crippen molar-refractivity contribution >= 4 is 17.2 Å². The topological polar surface area (TPSA) is 51.0 Å². The standard InChI is InChI=1S/C20H18N2O2/c1-4-12-17-11(3)18-14(13-8-6-7-9-15(13)21-18)10-16(17)22-19(12)20(23)24-5-2/h6-10H,4-5H2,1-3H3. The average Bonchev–Trinajstić information content (AvgIpc) is 3.14. The molecular weight excluding hydrogens is 300 g/mol. The number of esters is 1.